The molecule has 0 spiro atoms. The molecule has 5 heteroatoms. The van der Waals surface area contributed by atoms with E-state index in [2.05, 4.69) is 15.5 Å². The molecule has 1 aromatic heterocycles. The minimum Gasteiger partial charge on any atom is -0.381 e. The van der Waals surface area contributed by atoms with Gasteiger partial charge in [0.25, 0.3) is 0 Å². The number of piperidine rings is 1. The van der Waals surface area contributed by atoms with Crippen LogP contribution in [0.3, 0.4) is 0 Å². The molecule has 18 heavy (non-hydrogen) atoms. The van der Waals surface area contributed by atoms with E-state index in [9.17, 15) is 0 Å². The molecule has 0 bridgehead atoms. The van der Waals surface area contributed by atoms with Crippen LogP contribution in [-0.2, 0) is 11.2 Å². The second kappa shape index (κ2) is 5.80. The van der Waals surface area contributed by atoms with Gasteiger partial charge in [-0.2, -0.15) is 4.98 Å². The van der Waals surface area contributed by atoms with Crippen LogP contribution >= 0.6 is 0 Å². The van der Waals surface area contributed by atoms with Gasteiger partial charge >= 0.3 is 0 Å². The molecular weight excluding hydrogens is 230 g/mol. The Morgan fingerprint density at radius 3 is 3.00 bits per heavy atom. The maximum atomic E-state index is 5.58. The predicted molar refractivity (Wildman–Crippen MR) is 66.1 cm³/mol. The Kier molecular flexibility index (Phi) is 3.90. The Bertz CT molecular complexity index is 370. The van der Waals surface area contributed by atoms with Gasteiger partial charge in [0.15, 0.2) is 5.82 Å². The van der Waals surface area contributed by atoms with Crippen LogP contribution in [0.15, 0.2) is 4.52 Å². The summed E-state index contributed by atoms with van der Waals surface area (Å²) in [6.07, 6.45) is 6.99. The maximum absolute atomic E-state index is 5.58. The predicted octanol–water partition coefficient (Wildman–Crippen LogP) is 1.85. The Morgan fingerprint density at radius 1 is 1.28 bits per heavy atom. The van der Waals surface area contributed by atoms with E-state index in [1.54, 1.807) is 0 Å². The first kappa shape index (κ1) is 12.1. The van der Waals surface area contributed by atoms with Gasteiger partial charge in [-0.15, -0.1) is 0 Å². The van der Waals surface area contributed by atoms with E-state index >= 15 is 0 Å². The molecular formula is C13H21N3O2. The fourth-order valence-electron chi connectivity index (χ4n) is 2.27. The fraction of sp³-hybridized carbons (Fsp3) is 0.846. The number of hydrogen-bond donors (Lipinski definition) is 1. The molecule has 5 nitrogen and oxygen atoms in total. The van der Waals surface area contributed by atoms with E-state index in [0.29, 0.717) is 6.61 Å². The highest BCUT2D eigenvalue weighted by Crippen LogP contribution is 2.28. The third kappa shape index (κ3) is 3.29. The molecule has 1 saturated carbocycles. The molecule has 2 heterocycles. The molecule has 0 aromatic carbocycles. The molecule has 1 aromatic rings. The molecule has 1 saturated heterocycles. The Labute approximate surface area is 107 Å². The molecule has 0 radical (unpaired) electrons. The largest absolute Gasteiger partial charge is 0.381 e. The van der Waals surface area contributed by atoms with Crippen molar-refractivity contribution >= 4 is 0 Å². The molecule has 1 aliphatic carbocycles. The van der Waals surface area contributed by atoms with Gasteiger partial charge in [-0.3, -0.25) is 0 Å². The lowest BCUT2D eigenvalue weighted by molar-refractivity contribution is 0.125. The first-order valence-corrected chi connectivity index (χ1v) is 7.05. The van der Waals surface area contributed by atoms with Crippen molar-refractivity contribution in [2.75, 3.05) is 19.8 Å². The molecule has 1 atom stereocenters. The van der Waals surface area contributed by atoms with Crippen molar-refractivity contribution in [1.29, 1.82) is 0 Å². The lowest BCUT2D eigenvalue weighted by Crippen LogP contribution is -2.27. The molecule has 1 aliphatic heterocycles. The van der Waals surface area contributed by atoms with Crippen LogP contribution in [0.1, 0.15) is 49.9 Å². The summed E-state index contributed by atoms with van der Waals surface area (Å²) in [5, 5.41) is 7.43. The fourth-order valence-corrected chi connectivity index (χ4v) is 2.27. The molecule has 3 rings (SSSR count). The quantitative estimate of drug-likeness (QED) is 0.782. The molecule has 0 amide bonds. The summed E-state index contributed by atoms with van der Waals surface area (Å²) >= 11 is 0. The van der Waals surface area contributed by atoms with Gasteiger partial charge in [-0.05, 0) is 38.1 Å². The minimum absolute atomic E-state index is 0.257. The third-order valence-corrected chi connectivity index (χ3v) is 3.61. The van der Waals surface area contributed by atoms with E-state index in [0.717, 1.165) is 43.6 Å². The molecule has 100 valence electrons. The minimum atomic E-state index is 0.257. The lowest BCUT2D eigenvalue weighted by Gasteiger charge is -2.19. The average molecular weight is 251 g/mol. The smallest absolute Gasteiger partial charge is 0.243 e. The van der Waals surface area contributed by atoms with Gasteiger partial charge in [-0.1, -0.05) is 11.6 Å². The summed E-state index contributed by atoms with van der Waals surface area (Å²) in [4.78, 5) is 4.45. The summed E-state index contributed by atoms with van der Waals surface area (Å²) in [5.74, 6) is 2.33. The van der Waals surface area contributed by atoms with Crippen molar-refractivity contribution in [2.24, 2.45) is 5.92 Å². The van der Waals surface area contributed by atoms with Crippen molar-refractivity contribution < 1.29 is 9.26 Å². The van der Waals surface area contributed by atoms with E-state index < -0.39 is 0 Å². The monoisotopic (exact) mass is 251 g/mol. The number of nitrogens with zero attached hydrogens (tertiary/aromatic N) is 2. The first-order valence-electron chi connectivity index (χ1n) is 7.05. The highest BCUT2D eigenvalue weighted by Gasteiger charge is 2.22. The lowest BCUT2D eigenvalue weighted by atomic mass is 10.1. The van der Waals surface area contributed by atoms with Gasteiger partial charge in [0.2, 0.25) is 5.89 Å². The number of nitrogens with one attached hydrogen (secondary N) is 1. The van der Waals surface area contributed by atoms with Crippen LogP contribution in [0, 0.1) is 5.92 Å². The van der Waals surface area contributed by atoms with Gasteiger partial charge < -0.3 is 14.6 Å². The van der Waals surface area contributed by atoms with E-state index in [1.165, 1.54) is 25.7 Å². The number of aromatic nitrogens is 2. The van der Waals surface area contributed by atoms with Crippen molar-refractivity contribution in [3.8, 4) is 0 Å². The Balaban J connectivity index is 1.43. The van der Waals surface area contributed by atoms with Crippen LogP contribution in [0.25, 0.3) is 0 Å². The summed E-state index contributed by atoms with van der Waals surface area (Å²) in [6, 6.07) is 0.257. The van der Waals surface area contributed by atoms with Crippen molar-refractivity contribution in [3.63, 3.8) is 0 Å². The zero-order valence-electron chi connectivity index (χ0n) is 10.7. The molecule has 0 unspecified atom stereocenters. The number of rotatable bonds is 6. The number of ether oxygens (including phenoxy) is 1. The maximum Gasteiger partial charge on any atom is 0.243 e. The Hall–Kier alpha value is -0.940. The first-order chi connectivity index (χ1) is 8.92. The van der Waals surface area contributed by atoms with Gasteiger partial charge in [0, 0.05) is 13.0 Å². The van der Waals surface area contributed by atoms with Crippen LogP contribution in [0.4, 0.5) is 0 Å². The van der Waals surface area contributed by atoms with E-state index in [-0.39, 0.29) is 6.04 Å². The molecule has 2 aliphatic rings. The molecule has 1 N–H and O–H groups in total. The number of hydrogen-bond acceptors (Lipinski definition) is 5. The zero-order chi connectivity index (χ0) is 12.2. The van der Waals surface area contributed by atoms with Crippen LogP contribution in [-0.4, -0.2) is 29.9 Å². The molecule has 2 fully saturated rings. The van der Waals surface area contributed by atoms with Crippen LogP contribution < -0.4 is 5.32 Å². The SMILES string of the molecule is C1CC[C@@H](c2nc(CCOCC3CC3)no2)NC1. The Morgan fingerprint density at radius 2 is 2.22 bits per heavy atom. The van der Waals surface area contributed by atoms with E-state index in [4.69, 9.17) is 9.26 Å². The van der Waals surface area contributed by atoms with Crippen molar-refractivity contribution in [3.05, 3.63) is 11.7 Å². The average Bonchev–Trinajstić information content (AvgIpc) is 3.12. The second-order valence-electron chi connectivity index (χ2n) is 5.32. The second-order valence-corrected chi connectivity index (χ2v) is 5.32. The highest BCUT2D eigenvalue weighted by atomic mass is 16.5. The standard InChI is InChI=1S/C13H21N3O2/c1-2-7-14-11(3-1)13-15-12(16-18-13)6-8-17-9-10-4-5-10/h10-11,14H,1-9H2/t11-/m0/s1. The van der Waals surface area contributed by atoms with Crippen molar-refractivity contribution in [1.82, 2.24) is 15.5 Å². The normalized spacial score (nSPS) is 24.3. The van der Waals surface area contributed by atoms with E-state index in [1.807, 2.05) is 0 Å². The van der Waals surface area contributed by atoms with Gasteiger partial charge in [0.05, 0.1) is 12.6 Å². The van der Waals surface area contributed by atoms with Gasteiger partial charge in [0.1, 0.15) is 0 Å². The van der Waals surface area contributed by atoms with Crippen LogP contribution in [0.5, 0.6) is 0 Å². The zero-order valence-corrected chi connectivity index (χ0v) is 10.7. The van der Waals surface area contributed by atoms with Crippen LogP contribution in [0.2, 0.25) is 0 Å². The summed E-state index contributed by atoms with van der Waals surface area (Å²) in [6.45, 7) is 2.65. The third-order valence-electron chi connectivity index (χ3n) is 3.61. The summed E-state index contributed by atoms with van der Waals surface area (Å²) in [7, 11) is 0. The van der Waals surface area contributed by atoms with Crippen molar-refractivity contribution in [2.45, 2.75) is 44.6 Å². The van der Waals surface area contributed by atoms with Gasteiger partial charge in [-0.25, -0.2) is 0 Å². The highest BCUT2D eigenvalue weighted by molar-refractivity contribution is 4.94. The topological polar surface area (TPSA) is 60.2 Å². The summed E-state index contributed by atoms with van der Waals surface area (Å²) < 4.78 is 10.9. The summed E-state index contributed by atoms with van der Waals surface area (Å²) in [5.41, 5.74) is 0.